The van der Waals surface area contributed by atoms with Gasteiger partial charge in [-0.15, -0.1) is 0 Å². The Morgan fingerprint density at radius 3 is 2.67 bits per heavy atom. The number of fused-ring (bicyclic) bond motifs is 1. The Labute approximate surface area is 195 Å². The molecular weight excluding hydrogens is 414 g/mol. The zero-order chi connectivity index (χ0) is 23.2. The second-order valence-electron chi connectivity index (χ2n) is 9.00. The van der Waals surface area contributed by atoms with E-state index in [0.29, 0.717) is 6.42 Å². The number of benzene rings is 2. The van der Waals surface area contributed by atoms with Gasteiger partial charge in [0.1, 0.15) is 5.82 Å². The van der Waals surface area contributed by atoms with Crippen LogP contribution in [-0.4, -0.2) is 53.9 Å². The molecule has 174 valence electrons. The highest BCUT2D eigenvalue weighted by molar-refractivity contribution is 5.86. The average molecular weight is 448 g/mol. The first-order valence-corrected chi connectivity index (χ1v) is 11.8. The highest BCUT2D eigenvalue weighted by atomic mass is 16.2. The molecule has 1 fully saturated rings. The van der Waals surface area contributed by atoms with E-state index in [2.05, 4.69) is 55.8 Å². The summed E-state index contributed by atoms with van der Waals surface area (Å²) in [5.74, 6) is 0.985. The Hall–Kier alpha value is -3.19. The molecule has 2 heterocycles. The number of aromatic nitrogens is 2. The molecule has 0 aliphatic carbocycles. The maximum absolute atomic E-state index is 12.8. The number of rotatable bonds is 10. The van der Waals surface area contributed by atoms with Crippen molar-refractivity contribution in [1.82, 2.24) is 25.5 Å². The van der Waals surface area contributed by atoms with Gasteiger partial charge in [0, 0.05) is 32.1 Å². The van der Waals surface area contributed by atoms with Gasteiger partial charge in [-0.25, -0.2) is 4.98 Å². The van der Waals surface area contributed by atoms with Crippen LogP contribution in [0.3, 0.4) is 0 Å². The van der Waals surface area contributed by atoms with E-state index in [1.807, 2.05) is 25.4 Å². The Balaban J connectivity index is 1.45. The molecule has 1 atom stereocenters. The lowest BCUT2D eigenvalue weighted by molar-refractivity contribution is -0.130. The molecule has 1 aromatic heterocycles. The van der Waals surface area contributed by atoms with Crippen molar-refractivity contribution in [3.05, 3.63) is 54.5 Å². The van der Waals surface area contributed by atoms with Crippen molar-refractivity contribution < 1.29 is 9.59 Å². The van der Waals surface area contributed by atoms with Gasteiger partial charge >= 0.3 is 0 Å². The molecule has 1 aliphatic heterocycles. The average Bonchev–Trinajstić information content (AvgIpc) is 3.30. The quantitative estimate of drug-likeness (QED) is 0.414. The number of unbranched alkanes of at least 4 members (excludes halogenated alkanes) is 2. The van der Waals surface area contributed by atoms with E-state index >= 15 is 0 Å². The van der Waals surface area contributed by atoms with Gasteiger partial charge in [0.2, 0.25) is 11.8 Å². The lowest BCUT2D eigenvalue weighted by Gasteiger charge is -2.35. The summed E-state index contributed by atoms with van der Waals surface area (Å²) in [6.07, 6.45) is 5.86. The zero-order valence-corrected chi connectivity index (χ0v) is 19.4. The second kappa shape index (κ2) is 10.6. The van der Waals surface area contributed by atoms with Crippen LogP contribution in [0.1, 0.15) is 44.0 Å². The summed E-state index contributed by atoms with van der Waals surface area (Å²) in [4.78, 5) is 34.4. The lowest BCUT2D eigenvalue weighted by atomic mass is 9.99. The second-order valence-corrected chi connectivity index (χ2v) is 9.00. The lowest BCUT2D eigenvalue weighted by Crippen LogP contribution is -2.52. The van der Waals surface area contributed by atoms with Crippen LogP contribution >= 0.6 is 0 Å². The normalized spacial score (nSPS) is 15.2. The zero-order valence-electron chi connectivity index (χ0n) is 19.4. The fourth-order valence-electron chi connectivity index (χ4n) is 4.38. The number of hydrogen-bond acceptors (Lipinski definition) is 4. The van der Waals surface area contributed by atoms with Crippen LogP contribution in [0.5, 0.6) is 0 Å². The fourth-order valence-corrected chi connectivity index (χ4v) is 4.38. The minimum absolute atomic E-state index is 0.0423. The number of amides is 2. The first-order valence-electron chi connectivity index (χ1n) is 11.8. The van der Waals surface area contributed by atoms with Crippen molar-refractivity contribution in [3.63, 3.8) is 0 Å². The third kappa shape index (κ3) is 5.79. The molecule has 2 aromatic carbocycles. The molecule has 2 amide bonds. The number of nitrogens with zero attached hydrogens (tertiary/aromatic N) is 2. The maximum Gasteiger partial charge on any atom is 0.226 e. The van der Waals surface area contributed by atoms with Crippen LogP contribution in [0.15, 0.2) is 48.7 Å². The van der Waals surface area contributed by atoms with Gasteiger partial charge in [-0.3, -0.25) is 9.59 Å². The Bertz CT molecular complexity index is 1100. The van der Waals surface area contributed by atoms with E-state index in [4.69, 9.17) is 0 Å². The number of aromatic amines is 1. The van der Waals surface area contributed by atoms with Crippen molar-refractivity contribution in [2.45, 2.75) is 38.1 Å². The minimum atomic E-state index is -0.169. The van der Waals surface area contributed by atoms with Crippen LogP contribution in [0, 0.1) is 5.92 Å². The van der Waals surface area contributed by atoms with Crippen LogP contribution in [0.2, 0.25) is 0 Å². The number of carbonyl (C=O) groups excluding carboxylic acids is 2. The number of imidazole rings is 1. The number of H-pyrrole nitrogens is 1. The van der Waals surface area contributed by atoms with Gasteiger partial charge < -0.3 is 20.5 Å². The van der Waals surface area contributed by atoms with Gasteiger partial charge in [0.15, 0.2) is 0 Å². The summed E-state index contributed by atoms with van der Waals surface area (Å²) < 4.78 is 0. The molecule has 7 nitrogen and oxygen atoms in total. The number of likely N-dealkylation sites (tertiary alicyclic amines) is 1. The van der Waals surface area contributed by atoms with E-state index in [0.717, 1.165) is 55.9 Å². The summed E-state index contributed by atoms with van der Waals surface area (Å²) in [5, 5.41) is 8.27. The largest absolute Gasteiger partial charge is 0.359 e. The van der Waals surface area contributed by atoms with Crippen LogP contribution in [-0.2, 0) is 9.59 Å². The molecule has 0 spiro atoms. The first-order chi connectivity index (χ1) is 16.0. The summed E-state index contributed by atoms with van der Waals surface area (Å²) in [5.41, 5.74) is 2.02. The van der Waals surface area contributed by atoms with Gasteiger partial charge in [0.05, 0.1) is 23.9 Å². The molecule has 0 radical (unpaired) electrons. The Morgan fingerprint density at radius 1 is 1.12 bits per heavy atom. The highest BCUT2D eigenvalue weighted by Gasteiger charge is 2.31. The van der Waals surface area contributed by atoms with Crippen molar-refractivity contribution in [2.75, 3.05) is 27.2 Å². The SMILES string of the molecule is CNC(=O)CCCCC[C@H](NC(=O)C1CN(C)C1)c1ncc(-c2ccc3ccccc3c2)[nH]1. The summed E-state index contributed by atoms with van der Waals surface area (Å²) in [6, 6.07) is 14.5. The number of carbonyl (C=O) groups is 2. The third-order valence-electron chi connectivity index (χ3n) is 6.41. The molecule has 0 unspecified atom stereocenters. The summed E-state index contributed by atoms with van der Waals surface area (Å²) in [7, 11) is 3.69. The molecule has 3 N–H and O–H groups in total. The van der Waals surface area contributed by atoms with Gasteiger partial charge in [-0.2, -0.15) is 0 Å². The minimum Gasteiger partial charge on any atom is -0.359 e. The predicted octanol–water partition coefficient (Wildman–Crippen LogP) is 3.65. The van der Waals surface area contributed by atoms with Gasteiger partial charge in [-0.05, 0) is 36.7 Å². The van der Waals surface area contributed by atoms with Gasteiger partial charge in [-0.1, -0.05) is 49.2 Å². The molecule has 7 heteroatoms. The predicted molar refractivity (Wildman–Crippen MR) is 131 cm³/mol. The summed E-state index contributed by atoms with van der Waals surface area (Å²) in [6.45, 7) is 1.59. The number of hydrogen-bond donors (Lipinski definition) is 3. The first kappa shape index (κ1) is 23.0. The topological polar surface area (TPSA) is 90.1 Å². The van der Waals surface area contributed by atoms with Crippen LogP contribution in [0.25, 0.3) is 22.0 Å². The van der Waals surface area contributed by atoms with Gasteiger partial charge in [0.25, 0.3) is 0 Å². The third-order valence-corrected chi connectivity index (χ3v) is 6.41. The molecule has 0 bridgehead atoms. The summed E-state index contributed by atoms with van der Waals surface area (Å²) >= 11 is 0. The maximum atomic E-state index is 12.8. The van der Waals surface area contributed by atoms with Crippen molar-refractivity contribution in [3.8, 4) is 11.3 Å². The van der Waals surface area contributed by atoms with Crippen LogP contribution in [0.4, 0.5) is 0 Å². The molecule has 33 heavy (non-hydrogen) atoms. The van der Waals surface area contributed by atoms with E-state index in [-0.39, 0.29) is 23.8 Å². The molecular formula is C26H33N5O2. The van der Waals surface area contributed by atoms with Crippen molar-refractivity contribution in [1.29, 1.82) is 0 Å². The molecule has 1 aliphatic rings. The molecule has 1 saturated heterocycles. The molecule has 3 aromatic rings. The van der Waals surface area contributed by atoms with Crippen molar-refractivity contribution in [2.24, 2.45) is 5.92 Å². The van der Waals surface area contributed by atoms with E-state index < -0.39 is 0 Å². The van der Waals surface area contributed by atoms with E-state index in [1.165, 1.54) is 10.8 Å². The smallest absolute Gasteiger partial charge is 0.226 e. The van der Waals surface area contributed by atoms with Crippen molar-refractivity contribution >= 4 is 22.6 Å². The monoisotopic (exact) mass is 447 g/mol. The number of nitrogens with one attached hydrogen (secondary N) is 3. The van der Waals surface area contributed by atoms with E-state index in [1.54, 1.807) is 7.05 Å². The fraction of sp³-hybridized carbons (Fsp3) is 0.423. The Morgan fingerprint density at radius 2 is 1.91 bits per heavy atom. The highest BCUT2D eigenvalue weighted by Crippen LogP contribution is 2.26. The Kier molecular flexibility index (Phi) is 7.40. The standard InChI is InChI=1S/C26H33N5O2/c1-27-24(32)11-5-3-4-10-22(30-26(33)21-16-31(2)17-21)25-28-15-23(29-25)20-13-12-18-8-6-7-9-19(18)14-20/h6-9,12-15,21-22H,3-5,10-11,16-17H2,1-2H3,(H,27,32)(H,28,29)(H,30,33)/t22-/m0/s1. The molecule has 4 rings (SSSR count). The van der Waals surface area contributed by atoms with Crippen LogP contribution < -0.4 is 10.6 Å². The molecule has 0 saturated carbocycles. The van der Waals surface area contributed by atoms with E-state index in [9.17, 15) is 9.59 Å².